The quantitative estimate of drug-likeness (QED) is 0.404. The summed E-state index contributed by atoms with van der Waals surface area (Å²) in [4.78, 5) is 4.64. The summed E-state index contributed by atoms with van der Waals surface area (Å²) < 4.78 is 16.7. The molecule has 0 bridgehead atoms. The molecule has 30 heavy (non-hydrogen) atoms. The van der Waals surface area contributed by atoms with Gasteiger partial charge in [-0.1, -0.05) is 13.0 Å². The maximum absolute atomic E-state index is 10.9. The second-order valence-electron chi connectivity index (χ2n) is 7.48. The number of nitrogens with zero attached hydrogens (tertiary/aromatic N) is 1. The summed E-state index contributed by atoms with van der Waals surface area (Å²) in [5, 5.41) is 17.4. The van der Waals surface area contributed by atoms with Crippen LogP contribution in [0.5, 0.6) is 11.5 Å². The molecule has 0 radical (unpaired) electrons. The number of benzene rings is 1. The van der Waals surface area contributed by atoms with Gasteiger partial charge in [-0.05, 0) is 57.9 Å². The van der Waals surface area contributed by atoms with Gasteiger partial charge in [-0.3, -0.25) is 0 Å². The molecule has 1 heterocycles. The second-order valence-corrected chi connectivity index (χ2v) is 7.48. The lowest BCUT2D eigenvalue weighted by molar-refractivity contribution is 0.0601. The number of nitrogens with one attached hydrogen (secondary N) is 2. The first kappa shape index (κ1) is 23.6. The number of furan rings is 1. The van der Waals surface area contributed by atoms with Gasteiger partial charge in [0.15, 0.2) is 17.5 Å². The molecule has 0 saturated heterocycles. The van der Waals surface area contributed by atoms with Gasteiger partial charge in [-0.15, -0.1) is 0 Å². The van der Waals surface area contributed by atoms with Crippen LogP contribution >= 0.6 is 0 Å². The monoisotopic (exact) mass is 417 g/mol. The van der Waals surface area contributed by atoms with Gasteiger partial charge < -0.3 is 29.6 Å². The fourth-order valence-electron chi connectivity index (χ4n) is 3.17. The maximum atomic E-state index is 10.9. The summed E-state index contributed by atoms with van der Waals surface area (Å²) in [6.45, 7) is 11.7. The molecule has 1 unspecified atom stereocenters. The van der Waals surface area contributed by atoms with Crippen LogP contribution in [0.1, 0.15) is 49.8 Å². The molecule has 2 aromatic rings. The van der Waals surface area contributed by atoms with E-state index >= 15 is 0 Å². The molecule has 0 fully saturated rings. The van der Waals surface area contributed by atoms with Crippen molar-refractivity contribution in [3.05, 3.63) is 46.9 Å². The van der Waals surface area contributed by atoms with Crippen LogP contribution in [0.3, 0.4) is 0 Å². The van der Waals surface area contributed by atoms with Crippen LogP contribution in [0.15, 0.2) is 33.7 Å². The lowest BCUT2D eigenvalue weighted by Gasteiger charge is -2.24. The number of aliphatic imine (C=N–C) groups is 1. The molecule has 1 aromatic heterocycles. The van der Waals surface area contributed by atoms with Crippen molar-refractivity contribution in [2.24, 2.45) is 4.99 Å². The number of methoxy groups -OCH3 is 1. The van der Waals surface area contributed by atoms with Gasteiger partial charge in [0.2, 0.25) is 0 Å². The van der Waals surface area contributed by atoms with Crippen LogP contribution in [-0.2, 0) is 12.1 Å². The van der Waals surface area contributed by atoms with Crippen molar-refractivity contribution in [3.63, 3.8) is 0 Å². The predicted octanol–water partition coefficient (Wildman–Crippen LogP) is 3.66. The maximum Gasteiger partial charge on any atom is 0.191 e. The number of aryl methyl sites for hydroxylation is 2. The molecular weight excluding hydrogens is 382 g/mol. The van der Waals surface area contributed by atoms with E-state index < -0.39 is 5.60 Å². The zero-order chi connectivity index (χ0) is 22.1. The standard InChI is InChI=1S/C23H35N3O4/c1-7-11-29-20-10-9-18(13-21(20)28-6)14-25-22(24-8-2)26-15-23(5,27)19-12-16(3)30-17(19)4/h9-10,12-13,27H,7-8,11,14-15H2,1-6H3,(H2,24,25,26). The van der Waals surface area contributed by atoms with E-state index in [1.807, 2.05) is 45.0 Å². The molecular formula is C23H35N3O4. The Morgan fingerprint density at radius 3 is 2.53 bits per heavy atom. The number of rotatable bonds is 10. The third kappa shape index (κ3) is 6.42. The molecule has 0 spiro atoms. The van der Waals surface area contributed by atoms with Crippen molar-refractivity contribution in [1.29, 1.82) is 0 Å². The summed E-state index contributed by atoms with van der Waals surface area (Å²) >= 11 is 0. The van der Waals surface area contributed by atoms with E-state index in [1.54, 1.807) is 14.0 Å². The Kier molecular flexibility index (Phi) is 8.59. The fourth-order valence-corrected chi connectivity index (χ4v) is 3.17. The van der Waals surface area contributed by atoms with Gasteiger partial charge in [0.25, 0.3) is 0 Å². The zero-order valence-corrected chi connectivity index (χ0v) is 19.0. The topological polar surface area (TPSA) is 88.2 Å². The van der Waals surface area contributed by atoms with E-state index in [0.29, 0.717) is 38.0 Å². The van der Waals surface area contributed by atoms with Crippen LogP contribution in [0, 0.1) is 13.8 Å². The highest BCUT2D eigenvalue weighted by molar-refractivity contribution is 5.79. The highest BCUT2D eigenvalue weighted by Gasteiger charge is 2.27. The van der Waals surface area contributed by atoms with Crippen molar-refractivity contribution in [2.45, 2.75) is 53.2 Å². The first-order valence-corrected chi connectivity index (χ1v) is 10.4. The van der Waals surface area contributed by atoms with E-state index in [0.717, 1.165) is 34.8 Å². The van der Waals surface area contributed by atoms with Gasteiger partial charge in [0, 0.05) is 12.1 Å². The number of hydrogen-bond acceptors (Lipinski definition) is 5. The Morgan fingerprint density at radius 2 is 1.93 bits per heavy atom. The minimum Gasteiger partial charge on any atom is -0.493 e. The van der Waals surface area contributed by atoms with Crippen molar-refractivity contribution in [1.82, 2.24) is 10.6 Å². The highest BCUT2D eigenvalue weighted by atomic mass is 16.5. The van der Waals surface area contributed by atoms with Crippen molar-refractivity contribution >= 4 is 5.96 Å². The SMILES string of the molecule is CCCOc1ccc(CN=C(NCC)NCC(C)(O)c2cc(C)oc2C)cc1OC. The average Bonchev–Trinajstić information content (AvgIpc) is 3.07. The van der Waals surface area contributed by atoms with Gasteiger partial charge in [-0.25, -0.2) is 4.99 Å². The van der Waals surface area contributed by atoms with Gasteiger partial charge in [0.05, 0.1) is 26.8 Å². The second kappa shape index (κ2) is 10.9. The lowest BCUT2D eigenvalue weighted by atomic mass is 9.96. The number of hydrogen-bond donors (Lipinski definition) is 3. The molecule has 1 atom stereocenters. The summed E-state index contributed by atoms with van der Waals surface area (Å²) in [5.74, 6) is 3.56. The smallest absolute Gasteiger partial charge is 0.191 e. The summed E-state index contributed by atoms with van der Waals surface area (Å²) in [5.41, 5.74) is 0.691. The zero-order valence-electron chi connectivity index (χ0n) is 19.0. The molecule has 0 amide bonds. The average molecular weight is 418 g/mol. The normalized spacial score (nSPS) is 13.6. The number of guanidine groups is 1. The Bertz CT molecular complexity index is 843. The van der Waals surface area contributed by atoms with Gasteiger partial charge in [0.1, 0.15) is 17.1 Å². The summed E-state index contributed by atoms with van der Waals surface area (Å²) in [6, 6.07) is 7.70. The lowest BCUT2D eigenvalue weighted by Crippen LogP contribution is -2.44. The minimum atomic E-state index is -1.08. The van der Waals surface area contributed by atoms with E-state index in [4.69, 9.17) is 13.9 Å². The summed E-state index contributed by atoms with van der Waals surface area (Å²) in [6.07, 6.45) is 0.939. The van der Waals surface area contributed by atoms with Crippen LogP contribution in [-0.4, -0.2) is 37.9 Å². The number of aliphatic hydroxyl groups is 1. The molecule has 0 aliphatic heterocycles. The molecule has 7 heteroatoms. The minimum absolute atomic E-state index is 0.297. The third-order valence-corrected chi connectivity index (χ3v) is 4.67. The van der Waals surface area contributed by atoms with Crippen molar-refractivity contribution < 1.29 is 19.0 Å². The third-order valence-electron chi connectivity index (χ3n) is 4.67. The Hall–Kier alpha value is -2.67. The van der Waals surface area contributed by atoms with Crippen molar-refractivity contribution in [3.8, 4) is 11.5 Å². The largest absolute Gasteiger partial charge is 0.493 e. The molecule has 166 valence electrons. The molecule has 2 rings (SSSR count). The molecule has 7 nitrogen and oxygen atoms in total. The Balaban J connectivity index is 2.07. The van der Waals surface area contributed by atoms with Crippen LogP contribution in [0.4, 0.5) is 0 Å². The van der Waals surface area contributed by atoms with E-state index in [9.17, 15) is 5.11 Å². The Morgan fingerprint density at radius 1 is 1.17 bits per heavy atom. The highest BCUT2D eigenvalue weighted by Crippen LogP contribution is 2.29. The van der Waals surface area contributed by atoms with Crippen LogP contribution in [0.2, 0.25) is 0 Å². The van der Waals surface area contributed by atoms with E-state index in [2.05, 4.69) is 22.5 Å². The summed E-state index contributed by atoms with van der Waals surface area (Å²) in [7, 11) is 1.63. The van der Waals surface area contributed by atoms with Crippen LogP contribution in [0.25, 0.3) is 0 Å². The first-order chi connectivity index (χ1) is 14.3. The molecule has 0 aliphatic carbocycles. The van der Waals surface area contributed by atoms with E-state index in [1.165, 1.54) is 0 Å². The first-order valence-electron chi connectivity index (χ1n) is 10.4. The van der Waals surface area contributed by atoms with Crippen LogP contribution < -0.4 is 20.1 Å². The predicted molar refractivity (Wildman–Crippen MR) is 119 cm³/mol. The Labute approximate surface area is 179 Å². The molecule has 1 aromatic carbocycles. The molecule has 0 saturated carbocycles. The van der Waals surface area contributed by atoms with E-state index in [-0.39, 0.29) is 0 Å². The number of ether oxygens (including phenoxy) is 2. The fraction of sp³-hybridized carbons (Fsp3) is 0.522. The van der Waals surface area contributed by atoms with Gasteiger partial charge >= 0.3 is 0 Å². The molecule has 3 N–H and O–H groups in total. The van der Waals surface area contributed by atoms with Gasteiger partial charge in [-0.2, -0.15) is 0 Å². The van der Waals surface area contributed by atoms with Crippen molar-refractivity contribution in [2.75, 3.05) is 26.8 Å². The molecule has 0 aliphatic rings.